The molecule has 3 aromatic rings. The summed E-state index contributed by atoms with van der Waals surface area (Å²) in [5.41, 5.74) is 2.99. The minimum atomic E-state index is -0.403. The molecule has 2 aliphatic heterocycles. The normalized spacial score (nSPS) is 19.1. The summed E-state index contributed by atoms with van der Waals surface area (Å²) < 4.78 is 5.59. The van der Waals surface area contributed by atoms with Crippen molar-refractivity contribution in [2.45, 2.75) is 19.3 Å². The fourth-order valence-corrected chi connectivity index (χ4v) is 5.09. The SMILES string of the molecule is CCN1CCN(C(=O)c2cc(OC)c(Nc3nccc(-c4cnc5c(c4)C(C)(CO)CN5)n3)cc2Cl)CC1. The Labute approximate surface area is 227 Å². The highest BCUT2D eigenvalue weighted by Gasteiger charge is 2.35. The van der Waals surface area contributed by atoms with E-state index in [9.17, 15) is 9.90 Å². The Morgan fingerprint density at radius 1 is 1.24 bits per heavy atom. The first-order valence-electron chi connectivity index (χ1n) is 12.7. The van der Waals surface area contributed by atoms with Crippen LogP contribution in [0.15, 0.2) is 36.7 Å². The maximum absolute atomic E-state index is 13.2. The summed E-state index contributed by atoms with van der Waals surface area (Å²) in [4.78, 5) is 30.9. The van der Waals surface area contributed by atoms with E-state index in [0.29, 0.717) is 53.3 Å². The Bertz CT molecular complexity index is 1350. The number of pyridine rings is 1. The van der Waals surface area contributed by atoms with Crippen LogP contribution in [0.25, 0.3) is 11.3 Å². The van der Waals surface area contributed by atoms with E-state index in [1.807, 2.05) is 17.9 Å². The monoisotopic (exact) mass is 537 g/mol. The quantitative estimate of drug-likeness (QED) is 0.417. The number of hydrogen-bond donors (Lipinski definition) is 3. The lowest BCUT2D eigenvalue weighted by Gasteiger charge is -2.34. The molecule has 2 aliphatic rings. The first-order chi connectivity index (χ1) is 18.3. The van der Waals surface area contributed by atoms with Gasteiger partial charge in [0.25, 0.3) is 5.91 Å². The molecule has 4 heterocycles. The minimum Gasteiger partial charge on any atom is -0.495 e. The largest absolute Gasteiger partial charge is 0.495 e. The fraction of sp³-hybridized carbons (Fsp3) is 0.407. The Kier molecular flexibility index (Phi) is 7.38. The van der Waals surface area contributed by atoms with Crippen LogP contribution in [0.1, 0.15) is 29.8 Å². The lowest BCUT2D eigenvalue weighted by molar-refractivity contribution is 0.0643. The van der Waals surface area contributed by atoms with Gasteiger partial charge in [-0.15, -0.1) is 0 Å². The van der Waals surface area contributed by atoms with E-state index in [1.165, 1.54) is 0 Å². The van der Waals surface area contributed by atoms with Gasteiger partial charge in [0.05, 0.1) is 35.7 Å². The molecule has 200 valence electrons. The maximum Gasteiger partial charge on any atom is 0.255 e. The molecule has 0 aliphatic carbocycles. The summed E-state index contributed by atoms with van der Waals surface area (Å²) in [7, 11) is 1.54. The van der Waals surface area contributed by atoms with Crippen LogP contribution in [0.2, 0.25) is 5.02 Å². The fourth-order valence-electron chi connectivity index (χ4n) is 4.84. The first kappa shape index (κ1) is 26.1. The highest BCUT2D eigenvalue weighted by Crippen LogP contribution is 2.37. The third-order valence-corrected chi connectivity index (χ3v) is 7.67. The zero-order valence-electron chi connectivity index (χ0n) is 21.8. The third-order valence-electron chi connectivity index (χ3n) is 7.36. The number of rotatable bonds is 7. The highest BCUT2D eigenvalue weighted by molar-refractivity contribution is 6.34. The molecule has 5 rings (SSSR count). The van der Waals surface area contributed by atoms with Crippen molar-refractivity contribution in [1.82, 2.24) is 24.8 Å². The van der Waals surface area contributed by atoms with Crippen molar-refractivity contribution < 1.29 is 14.6 Å². The smallest absolute Gasteiger partial charge is 0.255 e. The second kappa shape index (κ2) is 10.7. The van der Waals surface area contributed by atoms with Crippen LogP contribution >= 0.6 is 11.6 Å². The zero-order valence-corrected chi connectivity index (χ0v) is 22.5. The molecular formula is C27H32ClN7O3. The molecule has 1 amide bonds. The highest BCUT2D eigenvalue weighted by atomic mass is 35.5. The molecule has 11 heteroatoms. The summed E-state index contributed by atoms with van der Waals surface area (Å²) in [6, 6.07) is 7.14. The van der Waals surface area contributed by atoms with Gasteiger partial charge in [0, 0.05) is 61.7 Å². The van der Waals surface area contributed by atoms with Crippen LogP contribution in [0, 0.1) is 0 Å². The molecule has 1 unspecified atom stereocenters. The van der Waals surface area contributed by atoms with Crippen molar-refractivity contribution in [3.05, 3.63) is 52.8 Å². The Hall–Kier alpha value is -3.47. The Morgan fingerprint density at radius 2 is 2.03 bits per heavy atom. The van der Waals surface area contributed by atoms with Crippen molar-refractivity contribution in [2.75, 3.05) is 63.6 Å². The van der Waals surface area contributed by atoms with Gasteiger partial charge in [-0.05, 0) is 30.8 Å². The van der Waals surface area contributed by atoms with Gasteiger partial charge in [0.1, 0.15) is 11.6 Å². The number of nitrogens with zero attached hydrogens (tertiary/aromatic N) is 5. The molecule has 1 saturated heterocycles. The first-order valence-corrected chi connectivity index (χ1v) is 13.1. The summed E-state index contributed by atoms with van der Waals surface area (Å²) in [6.45, 7) is 8.76. The number of carbonyl (C=O) groups excluding carboxylic acids is 1. The van der Waals surface area contributed by atoms with Crippen LogP contribution in [-0.2, 0) is 5.41 Å². The van der Waals surface area contributed by atoms with Crippen molar-refractivity contribution in [3.8, 4) is 17.0 Å². The molecule has 0 bridgehead atoms. The van der Waals surface area contributed by atoms with Gasteiger partial charge in [-0.2, -0.15) is 0 Å². The Morgan fingerprint density at radius 3 is 2.74 bits per heavy atom. The molecule has 0 saturated carbocycles. The van der Waals surface area contributed by atoms with E-state index in [0.717, 1.165) is 36.6 Å². The molecule has 10 nitrogen and oxygen atoms in total. The second-order valence-corrected chi connectivity index (χ2v) is 10.2. The number of aliphatic hydroxyl groups is 1. The van der Waals surface area contributed by atoms with Crippen molar-refractivity contribution in [3.63, 3.8) is 0 Å². The number of carbonyl (C=O) groups is 1. The second-order valence-electron chi connectivity index (χ2n) is 9.84. The number of aromatic nitrogens is 3. The Balaban J connectivity index is 1.38. The molecule has 1 atom stereocenters. The van der Waals surface area contributed by atoms with Crippen LogP contribution in [0.5, 0.6) is 5.75 Å². The van der Waals surface area contributed by atoms with E-state index in [1.54, 1.807) is 37.7 Å². The van der Waals surface area contributed by atoms with Crippen molar-refractivity contribution >= 4 is 35.0 Å². The van der Waals surface area contributed by atoms with Crippen LogP contribution in [0.4, 0.5) is 17.5 Å². The molecule has 38 heavy (non-hydrogen) atoms. The molecule has 2 aromatic heterocycles. The number of anilines is 3. The van der Waals surface area contributed by atoms with Gasteiger partial charge in [-0.25, -0.2) is 15.0 Å². The molecule has 0 radical (unpaired) electrons. The number of benzene rings is 1. The van der Waals surface area contributed by atoms with E-state index < -0.39 is 5.41 Å². The third kappa shape index (κ3) is 4.99. The lowest BCUT2D eigenvalue weighted by Crippen LogP contribution is -2.48. The van der Waals surface area contributed by atoms with E-state index >= 15 is 0 Å². The minimum absolute atomic E-state index is 0.0166. The molecule has 3 N–H and O–H groups in total. The summed E-state index contributed by atoms with van der Waals surface area (Å²) in [6.07, 6.45) is 3.41. The van der Waals surface area contributed by atoms with Crippen LogP contribution in [0.3, 0.4) is 0 Å². The van der Waals surface area contributed by atoms with Gasteiger partial charge in [-0.1, -0.05) is 25.4 Å². The number of methoxy groups -OCH3 is 1. The van der Waals surface area contributed by atoms with Crippen LogP contribution in [-0.4, -0.2) is 88.8 Å². The molecule has 0 spiro atoms. The number of piperazine rings is 1. The predicted octanol–water partition coefficient (Wildman–Crippen LogP) is 3.40. The van der Waals surface area contributed by atoms with E-state index in [4.69, 9.17) is 16.3 Å². The van der Waals surface area contributed by atoms with Gasteiger partial charge >= 0.3 is 0 Å². The van der Waals surface area contributed by atoms with Gasteiger partial charge < -0.3 is 30.3 Å². The van der Waals surface area contributed by atoms with Gasteiger partial charge in [0.15, 0.2) is 0 Å². The number of amides is 1. The van der Waals surface area contributed by atoms with Gasteiger partial charge in [0.2, 0.25) is 5.95 Å². The lowest BCUT2D eigenvalue weighted by atomic mass is 9.85. The predicted molar refractivity (Wildman–Crippen MR) is 147 cm³/mol. The van der Waals surface area contributed by atoms with Crippen molar-refractivity contribution in [2.24, 2.45) is 0 Å². The molecule has 1 fully saturated rings. The molecule has 1 aromatic carbocycles. The standard InChI is InChI=1S/C27H32ClN7O3/c1-4-34-7-9-35(10-8-34)25(37)18-12-23(38-3)22(13-20(18)28)33-26-29-6-5-21(32-26)17-11-19-24(30-14-17)31-15-27(19,2)16-36/h5-6,11-14,36H,4,7-10,15-16H2,1-3H3,(H,30,31)(H,29,32,33). The molecular weight excluding hydrogens is 506 g/mol. The average Bonchev–Trinajstić information content (AvgIpc) is 3.29. The van der Waals surface area contributed by atoms with Gasteiger partial charge in [-0.3, -0.25) is 4.79 Å². The van der Waals surface area contributed by atoms with E-state index in [2.05, 4.69) is 37.4 Å². The number of fused-ring (bicyclic) bond motifs is 1. The number of halogens is 1. The number of aliphatic hydroxyl groups excluding tert-OH is 1. The van der Waals surface area contributed by atoms with E-state index in [-0.39, 0.29) is 12.5 Å². The van der Waals surface area contributed by atoms with Crippen molar-refractivity contribution in [1.29, 1.82) is 0 Å². The zero-order chi connectivity index (χ0) is 26.9. The maximum atomic E-state index is 13.2. The summed E-state index contributed by atoms with van der Waals surface area (Å²) in [5.74, 6) is 1.47. The van der Waals surface area contributed by atoms with Crippen LogP contribution < -0.4 is 15.4 Å². The summed E-state index contributed by atoms with van der Waals surface area (Å²) >= 11 is 6.59. The number of likely N-dealkylation sites (N-methyl/N-ethyl adjacent to an activating group) is 1. The number of hydrogen-bond acceptors (Lipinski definition) is 9. The number of nitrogens with one attached hydrogen (secondary N) is 2. The topological polar surface area (TPSA) is 116 Å². The number of ether oxygens (including phenoxy) is 1. The average molecular weight is 538 g/mol. The summed E-state index contributed by atoms with van der Waals surface area (Å²) in [5, 5.41) is 16.7.